The first-order valence-electron chi connectivity index (χ1n) is 5.97. The van der Waals surface area contributed by atoms with Gasteiger partial charge in [0, 0.05) is 19.3 Å². The van der Waals surface area contributed by atoms with Gasteiger partial charge in [-0.05, 0) is 33.6 Å². The first-order valence-corrected chi connectivity index (χ1v) is 7.73. The minimum atomic E-state index is -1.44. The second-order valence-electron chi connectivity index (χ2n) is 4.16. The Hall–Kier alpha value is -0.123. The van der Waals surface area contributed by atoms with Crippen molar-refractivity contribution in [2.45, 2.75) is 53.5 Å². The zero-order valence-electron chi connectivity index (χ0n) is 10.9. The summed E-state index contributed by atoms with van der Waals surface area (Å²) >= 11 is 0. The lowest BCUT2D eigenvalue weighted by molar-refractivity contribution is 0.198. The monoisotopic (exact) mass is 230 g/mol. The maximum absolute atomic E-state index is 5.80. The van der Waals surface area contributed by atoms with Crippen LogP contribution in [0.4, 0.5) is 0 Å². The van der Waals surface area contributed by atoms with Crippen molar-refractivity contribution in [3.63, 3.8) is 0 Å². The van der Waals surface area contributed by atoms with Gasteiger partial charge in [0.25, 0.3) is 0 Å². The third-order valence-corrected chi connectivity index (χ3v) is 4.50. The van der Waals surface area contributed by atoms with Gasteiger partial charge in [0.15, 0.2) is 0 Å². The second-order valence-corrected chi connectivity index (χ2v) is 6.09. The molecule has 0 saturated heterocycles. The summed E-state index contributed by atoms with van der Waals surface area (Å²) in [5.41, 5.74) is 2.83. The number of rotatable bonds is 8. The van der Waals surface area contributed by atoms with E-state index in [1.54, 1.807) is 0 Å². The van der Waals surface area contributed by atoms with Crippen molar-refractivity contribution in [2.75, 3.05) is 13.2 Å². The summed E-state index contributed by atoms with van der Waals surface area (Å²) < 4.78 is 11.6. The molecule has 90 valence electrons. The first kappa shape index (κ1) is 14.9. The second kappa shape index (κ2) is 9.13. The first-order chi connectivity index (χ1) is 7.11. The van der Waals surface area contributed by atoms with Crippen LogP contribution in [0.5, 0.6) is 0 Å². The number of hydrogen-bond acceptors (Lipinski definition) is 2. The minimum Gasteiger partial charge on any atom is -0.396 e. The lowest BCUT2D eigenvalue weighted by Crippen LogP contribution is -2.24. The van der Waals surface area contributed by atoms with Crippen molar-refractivity contribution >= 4 is 9.28 Å². The van der Waals surface area contributed by atoms with E-state index in [0.717, 1.165) is 32.1 Å². The topological polar surface area (TPSA) is 18.5 Å². The molecule has 0 rings (SSSR count). The highest BCUT2D eigenvalue weighted by Crippen LogP contribution is 2.12. The van der Waals surface area contributed by atoms with Crippen LogP contribution in [0.15, 0.2) is 11.1 Å². The van der Waals surface area contributed by atoms with Crippen molar-refractivity contribution in [1.29, 1.82) is 0 Å². The zero-order valence-corrected chi connectivity index (χ0v) is 12.1. The Labute approximate surface area is 96.5 Å². The van der Waals surface area contributed by atoms with E-state index in [0.29, 0.717) is 0 Å². The number of allylic oxidation sites excluding steroid dienone is 2. The van der Waals surface area contributed by atoms with E-state index in [1.165, 1.54) is 11.1 Å². The highest BCUT2D eigenvalue weighted by Gasteiger charge is 2.13. The lowest BCUT2D eigenvalue weighted by Gasteiger charge is -2.17. The molecule has 0 aromatic carbocycles. The van der Waals surface area contributed by atoms with Gasteiger partial charge < -0.3 is 8.85 Å². The van der Waals surface area contributed by atoms with E-state index in [1.807, 2.05) is 0 Å². The highest BCUT2D eigenvalue weighted by atomic mass is 28.3. The fourth-order valence-electron chi connectivity index (χ4n) is 1.12. The minimum absolute atomic E-state index is 0.844. The molecule has 0 bridgehead atoms. The van der Waals surface area contributed by atoms with E-state index in [2.05, 4.69) is 34.6 Å². The average Bonchev–Trinajstić information content (AvgIpc) is 2.21. The van der Waals surface area contributed by atoms with Crippen LogP contribution >= 0.6 is 0 Å². The summed E-state index contributed by atoms with van der Waals surface area (Å²) in [4.78, 5) is 0. The van der Waals surface area contributed by atoms with Gasteiger partial charge in [-0.15, -0.1) is 0 Å². The molecule has 0 unspecified atom stereocenters. The molecule has 0 aliphatic carbocycles. The standard InChI is InChI=1S/C12H26O2Si/c1-6-8-13-15(14-9-7-2)10-12(5)11(3)4/h15H,6-10H2,1-5H3. The summed E-state index contributed by atoms with van der Waals surface area (Å²) in [6, 6.07) is 1.03. The van der Waals surface area contributed by atoms with E-state index in [-0.39, 0.29) is 0 Å². The smallest absolute Gasteiger partial charge is 0.325 e. The van der Waals surface area contributed by atoms with E-state index in [9.17, 15) is 0 Å². The van der Waals surface area contributed by atoms with E-state index < -0.39 is 9.28 Å². The maximum atomic E-state index is 5.80. The van der Waals surface area contributed by atoms with Gasteiger partial charge in [0.1, 0.15) is 0 Å². The molecule has 0 amide bonds. The molecule has 2 nitrogen and oxygen atoms in total. The molecule has 0 atom stereocenters. The van der Waals surface area contributed by atoms with Crippen molar-refractivity contribution in [2.24, 2.45) is 0 Å². The van der Waals surface area contributed by atoms with Crippen LogP contribution in [0.2, 0.25) is 6.04 Å². The molecule has 0 fully saturated rings. The molecule has 0 spiro atoms. The Morgan fingerprint density at radius 3 is 1.73 bits per heavy atom. The van der Waals surface area contributed by atoms with Gasteiger partial charge >= 0.3 is 9.28 Å². The zero-order chi connectivity index (χ0) is 11.7. The predicted octanol–water partition coefficient (Wildman–Crippen LogP) is 3.42. The van der Waals surface area contributed by atoms with Crippen molar-refractivity contribution in [1.82, 2.24) is 0 Å². The summed E-state index contributed by atoms with van der Waals surface area (Å²) in [6.45, 7) is 12.5. The Bertz CT molecular complexity index is 178. The largest absolute Gasteiger partial charge is 0.396 e. The fourth-order valence-corrected chi connectivity index (χ4v) is 3.36. The van der Waals surface area contributed by atoms with Crippen molar-refractivity contribution in [3.8, 4) is 0 Å². The molecule has 3 heteroatoms. The van der Waals surface area contributed by atoms with Crippen LogP contribution in [-0.2, 0) is 8.85 Å². The molecule has 15 heavy (non-hydrogen) atoms. The summed E-state index contributed by atoms with van der Waals surface area (Å²) in [5.74, 6) is 0. The molecule has 0 aliphatic rings. The molecule has 0 heterocycles. The fraction of sp³-hybridized carbons (Fsp3) is 0.833. The van der Waals surface area contributed by atoms with Crippen molar-refractivity contribution < 1.29 is 8.85 Å². The molecule has 0 saturated carbocycles. The highest BCUT2D eigenvalue weighted by molar-refractivity contribution is 6.45. The lowest BCUT2D eigenvalue weighted by atomic mass is 10.2. The normalized spacial score (nSPS) is 10.8. The van der Waals surface area contributed by atoms with E-state index in [4.69, 9.17) is 8.85 Å². The number of hydrogen-bond donors (Lipinski definition) is 0. The van der Waals surface area contributed by atoms with Crippen LogP contribution in [0.1, 0.15) is 47.5 Å². The van der Waals surface area contributed by atoms with Crippen LogP contribution < -0.4 is 0 Å². The molecular weight excluding hydrogens is 204 g/mol. The third-order valence-electron chi connectivity index (χ3n) is 2.34. The quantitative estimate of drug-likeness (QED) is 0.470. The average molecular weight is 230 g/mol. The van der Waals surface area contributed by atoms with Crippen LogP contribution in [0, 0.1) is 0 Å². The molecule has 0 radical (unpaired) electrons. The molecule has 0 aromatic heterocycles. The van der Waals surface area contributed by atoms with Gasteiger partial charge in [-0.25, -0.2) is 0 Å². The summed E-state index contributed by atoms with van der Waals surface area (Å²) in [7, 11) is -1.44. The van der Waals surface area contributed by atoms with Crippen LogP contribution in [0.3, 0.4) is 0 Å². The van der Waals surface area contributed by atoms with Crippen molar-refractivity contribution in [3.05, 3.63) is 11.1 Å². The van der Waals surface area contributed by atoms with Gasteiger partial charge in [-0.1, -0.05) is 25.0 Å². The Balaban J connectivity index is 4.05. The van der Waals surface area contributed by atoms with Crippen LogP contribution in [-0.4, -0.2) is 22.5 Å². The molecule has 0 N–H and O–H groups in total. The van der Waals surface area contributed by atoms with E-state index >= 15 is 0 Å². The Kier molecular flexibility index (Phi) is 9.05. The molecular formula is C12H26O2Si. The van der Waals surface area contributed by atoms with Gasteiger partial charge in [-0.2, -0.15) is 0 Å². The summed E-state index contributed by atoms with van der Waals surface area (Å²) in [6.07, 6.45) is 2.15. The SMILES string of the molecule is CCCO[SiH](CC(C)=C(C)C)OCCC. The third kappa shape index (κ3) is 7.77. The molecule has 0 aromatic rings. The van der Waals surface area contributed by atoms with Gasteiger partial charge in [0.2, 0.25) is 0 Å². The molecule has 0 aliphatic heterocycles. The predicted molar refractivity (Wildman–Crippen MR) is 68.5 cm³/mol. The summed E-state index contributed by atoms with van der Waals surface area (Å²) in [5, 5.41) is 0. The van der Waals surface area contributed by atoms with Crippen LogP contribution in [0.25, 0.3) is 0 Å². The Morgan fingerprint density at radius 1 is 0.933 bits per heavy atom. The van der Waals surface area contributed by atoms with Gasteiger partial charge in [0.05, 0.1) is 0 Å². The van der Waals surface area contributed by atoms with Gasteiger partial charge in [-0.3, -0.25) is 0 Å². The maximum Gasteiger partial charge on any atom is 0.325 e. The Morgan fingerprint density at radius 2 is 1.40 bits per heavy atom.